The van der Waals surface area contributed by atoms with Crippen molar-refractivity contribution in [3.63, 3.8) is 0 Å². The summed E-state index contributed by atoms with van der Waals surface area (Å²) in [5.41, 5.74) is 6.03. The average molecular weight is 306 g/mol. The highest BCUT2D eigenvalue weighted by atomic mass is 32.2. The highest BCUT2D eigenvalue weighted by Crippen LogP contribution is 2.32. The van der Waals surface area contributed by atoms with Crippen LogP contribution in [0.2, 0.25) is 0 Å². The zero-order valence-electron chi connectivity index (χ0n) is 11.0. The van der Waals surface area contributed by atoms with Gasteiger partial charge in [-0.25, -0.2) is 0 Å². The van der Waals surface area contributed by atoms with Crippen LogP contribution in [-0.4, -0.2) is 23.9 Å². The summed E-state index contributed by atoms with van der Waals surface area (Å²) < 4.78 is 36.7. The van der Waals surface area contributed by atoms with E-state index in [1.54, 1.807) is 18.2 Å². The lowest BCUT2D eigenvalue weighted by molar-refractivity contribution is -0.117. The minimum atomic E-state index is -4.25. The molecular weight excluding hydrogens is 289 g/mol. The van der Waals surface area contributed by atoms with Crippen LogP contribution in [0.1, 0.15) is 19.8 Å². The maximum atomic E-state index is 12.2. The van der Waals surface area contributed by atoms with E-state index in [1.807, 2.05) is 6.92 Å². The lowest BCUT2D eigenvalue weighted by Crippen LogP contribution is -2.35. The summed E-state index contributed by atoms with van der Waals surface area (Å²) in [5, 5.41) is 2.58. The number of anilines is 1. The number of hydrogen-bond donors (Lipinski definition) is 2. The van der Waals surface area contributed by atoms with E-state index in [2.05, 4.69) is 5.32 Å². The molecule has 0 aliphatic carbocycles. The zero-order valence-corrected chi connectivity index (χ0v) is 11.9. The van der Waals surface area contributed by atoms with Crippen molar-refractivity contribution in [3.05, 3.63) is 24.3 Å². The van der Waals surface area contributed by atoms with Crippen LogP contribution in [0.3, 0.4) is 0 Å². The molecule has 0 heterocycles. The fourth-order valence-electron chi connectivity index (χ4n) is 1.52. The van der Waals surface area contributed by atoms with Crippen LogP contribution in [0, 0.1) is 0 Å². The molecule has 0 bridgehead atoms. The zero-order chi connectivity index (χ0) is 15.2. The van der Waals surface area contributed by atoms with Crippen molar-refractivity contribution in [2.45, 2.75) is 36.9 Å². The highest BCUT2D eigenvalue weighted by Gasteiger charge is 2.27. The number of amides is 1. The van der Waals surface area contributed by atoms with Crippen LogP contribution in [0.4, 0.5) is 18.9 Å². The summed E-state index contributed by atoms with van der Waals surface area (Å²) in [6.45, 7) is 1.90. The molecule has 20 heavy (non-hydrogen) atoms. The molecule has 0 saturated heterocycles. The third-order valence-corrected chi connectivity index (χ3v) is 3.61. The number of halogens is 3. The molecule has 0 aliphatic rings. The third kappa shape index (κ3) is 5.83. The molecule has 0 radical (unpaired) electrons. The number of hydrogen-bond acceptors (Lipinski definition) is 3. The van der Waals surface area contributed by atoms with Gasteiger partial charge in [0.2, 0.25) is 5.91 Å². The lowest BCUT2D eigenvalue weighted by Gasteiger charge is -2.14. The Labute approximate surface area is 120 Å². The number of carbonyl (C=O) groups is 1. The van der Waals surface area contributed by atoms with Crippen LogP contribution in [-0.2, 0) is 4.79 Å². The first-order chi connectivity index (χ1) is 9.33. The maximum Gasteiger partial charge on any atom is 0.398 e. The van der Waals surface area contributed by atoms with Crippen molar-refractivity contribution in [1.29, 1.82) is 0 Å². The summed E-state index contributed by atoms with van der Waals surface area (Å²) >= 11 is 0.641. The quantitative estimate of drug-likeness (QED) is 0.792. The van der Waals surface area contributed by atoms with E-state index in [4.69, 9.17) is 5.73 Å². The standard InChI is InChI=1S/C13H17F3N2OS/c1-2-5-9(17)12(19)18-10-6-3-4-7-11(10)20-8-13(14,15)16/h3-4,6-7,9H,2,5,8,17H2,1H3,(H,18,19). The Morgan fingerprint density at radius 3 is 2.65 bits per heavy atom. The average Bonchev–Trinajstić information content (AvgIpc) is 2.37. The van der Waals surface area contributed by atoms with Gasteiger partial charge in [-0.1, -0.05) is 25.5 Å². The second kappa shape index (κ2) is 7.54. The van der Waals surface area contributed by atoms with Gasteiger partial charge in [-0.2, -0.15) is 13.2 Å². The number of nitrogens with one attached hydrogen (secondary N) is 1. The van der Waals surface area contributed by atoms with Gasteiger partial charge in [-0.3, -0.25) is 4.79 Å². The maximum absolute atomic E-state index is 12.2. The van der Waals surface area contributed by atoms with E-state index >= 15 is 0 Å². The normalized spacial score (nSPS) is 13.1. The van der Waals surface area contributed by atoms with Crippen LogP contribution in [0.25, 0.3) is 0 Å². The predicted octanol–water partition coefficient (Wildman–Crippen LogP) is 3.41. The number of para-hydroxylation sites is 1. The van der Waals surface area contributed by atoms with Crippen molar-refractivity contribution in [2.24, 2.45) is 5.73 Å². The van der Waals surface area contributed by atoms with Crippen molar-refractivity contribution < 1.29 is 18.0 Å². The highest BCUT2D eigenvalue weighted by molar-refractivity contribution is 7.99. The molecule has 0 aliphatic heterocycles. The van der Waals surface area contributed by atoms with Crippen molar-refractivity contribution in [2.75, 3.05) is 11.1 Å². The minimum absolute atomic E-state index is 0.360. The van der Waals surface area contributed by atoms with E-state index in [0.29, 0.717) is 28.8 Å². The smallest absolute Gasteiger partial charge is 0.324 e. The molecule has 0 spiro atoms. The van der Waals surface area contributed by atoms with Crippen molar-refractivity contribution in [1.82, 2.24) is 0 Å². The number of alkyl halides is 3. The van der Waals surface area contributed by atoms with Crippen LogP contribution < -0.4 is 11.1 Å². The molecule has 1 unspecified atom stereocenters. The molecule has 0 saturated carbocycles. The first-order valence-corrected chi connectivity index (χ1v) is 7.17. The number of carbonyl (C=O) groups excluding carboxylic acids is 1. The summed E-state index contributed by atoms with van der Waals surface area (Å²) in [6, 6.07) is 5.73. The lowest BCUT2D eigenvalue weighted by atomic mass is 10.1. The largest absolute Gasteiger partial charge is 0.398 e. The van der Waals surface area contributed by atoms with Gasteiger partial charge in [-0.15, -0.1) is 11.8 Å². The van der Waals surface area contributed by atoms with Crippen LogP contribution in [0.15, 0.2) is 29.2 Å². The minimum Gasteiger partial charge on any atom is -0.324 e. The number of thioether (sulfide) groups is 1. The van der Waals surface area contributed by atoms with Crippen molar-refractivity contribution >= 4 is 23.4 Å². The Balaban J connectivity index is 2.72. The Bertz CT molecular complexity index is 451. The molecule has 112 valence electrons. The van der Waals surface area contributed by atoms with Gasteiger partial charge in [0.25, 0.3) is 0 Å². The number of benzene rings is 1. The second-order valence-corrected chi connectivity index (χ2v) is 5.30. The molecule has 0 aromatic heterocycles. The molecule has 7 heteroatoms. The van der Waals surface area contributed by atoms with E-state index in [9.17, 15) is 18.0 Å². The molecule has 1 aromatic rings. The molecule has 3 nitrogen and oxygen atoms in total. The third-order valence-electron chi connectivity index (χ3n) is 2.47. The summed E-state index contributed by atoms with van der Waals surface area (Å²) in [4.78, 5) is 12.2. The first kappa shape index (κ1) is 16.8. The van der Waals surface area contributed by atoms with Gasteiger partial charge >= 0.3 is 6.18 Å². The van der Waals surface area contributed by atoms with Gasteiger partial charge in [0.05, 0.1) is 17.5 Å². The summed E-state index contributed by atoms with van der Waals surface area (Å²) in [5.74, 6) is -1.38. The molecule has 1 rings (SSSR count). The van der Waals surface area contributed by atoms with E-state index in [0.717, 1.165) is 6.42 Å². The SMILES string of the molecule is CCCC(N)C(=O)Nc1ccccc1SCC(F)(F)F. The Morgan fingerprint density at radius 2 is 2.05 bits per heavy atom. The first-order valence-electron chi connectivity index (χ1n) is 6.18. The van der Waals surface area contributed by atoms with E-state index in [1.165, 1.54) is 6.07 Å². The van der Waals surface area contributed by atoms with Gasteiger partial charge < -0.3 is 11.1 Å². The van der Waals surface area contributed by atoms with Crippen LogP contribution in [0.5, 0.6) is 0 Å². The molecule has 1 atom stereocenters. The molecule has 3 N–H and O–H groups in total. The number of rotatable bonds is 6. The van der Waals surface area contributed by atoms with Gasteiger partial charge in [-0.05, 0) is 18.6 Å². The monoisotopic (exact) mass is 306 g/mol. The van der Waals surface area contributed by atoms with Crippen molar-refractivity contribution in [3.8, 4) is 0 Å². The van der Waals surface area contributed by atoms with E-state index < -0.39 is 18.0 Å². The Kier molecular flexibility index (Phi) is 6.35. The molecule has 1 aromatic carbocycles. The topological polar surface area (TPSA) is 55.1 Å². The predicted molar refractivity (Wildman–Crippen MR) is 74.7 cm³/mol. The summed E-state index contributed by atoms with van der Waals surface area (Å²) in [7, 11) is 0. The molecule has 1 amide bonds. The second-order valence-electron chi connectivity index (χ2n) is 4.28. The van der Waals surface area contributed by atoms with E-state index in [-0.39, 0.29) is 5.91 Å². The number of nitrogens with two attached hydrogens (primary N) is 1. The fourth-order valence-corrected chi connectivity index (χ4v) is 2.29. The Morgan fingerprint density at radius 1 is 1.40 bits per heavy atom. The van der Waals surface area contributed by atoms with Gasteiger partial charge in [0, 0.05) is 4.90 Å². The van der Waals surface area contributed by atoms with Gasteiger partial charge in [0.15, 0.2) is 0 Å². The fraction of sp³-hybridized carbons (Fsp3) is 0.462. The van der Waals surface area contributed by atoms with Crippen LogP contribution >= 0.6 is 11.8 Å². The molecule has 0 fully saturated rings. The Hall–Kier alpha value is -1.21. The van der Waals surface area contributed by atoms with Gasteiger partial charge in [0.1, 0.15) is 0 Å². The molecular formula is C13H17F3N2OS. The summed E-state index contributed by atoms with van der Waals surface area (Å²) in [6.07, 6.45) is -2.96.